The summed E-state index contributed by atoms with van der Waals surface area (Å²) in [5.74, 6) is -4.48. The van der Waals surface area contributed by atoms with Gasteiger partial charge < -0.3 is 14.6 Å². The number of hydrogen-bond acceptors (Lipinski definition) is 5. The van der Waals surface area contributed by atoms with Gasteiger partial charge in [0.15, 0.2) is 5.41 Å². The predicted molar refractivity (Wildman–Crippen MR) is 96.9 cm³/mol. The summed E-state index contributed by atoms with van der Waals surface area (Å²) >= 11 is 0. The summed E-state index contributed by atoms with van der Waals surface area (Å²) in [7, 11) is 0. The normalized spacial score (nSPS) is 12.3. The fraction of sp³-hybridized carbons (Fsp3) is 0.550. The van der Waals surface area contributed by atoms with Crippen LogP contribution in [0.4, 0.5) is 0 Å². The van der Waals surface area contributed by atoms with Crippen molar-refractivity contribution in [2.45, 2.75) is 53.4 Å². The molecular weight excluding hydrogens is 336 g/mol. The van der Waals surface area contributed by atoms with Gasteiger partial charge in [0.1, 0.15) is 5.92 Å². The van der Waals surface area contributed by atoms with Gasteiger partial charge in [0.05, 0.1) is 13.2 Å². The van der Waals surface area contributed by atoms with Crippen LogP contribution in [0.25, 0.3) is 0 Å². The molecule has 0 spiro atoms. The minimum absolute atomic E-state index is 0.0369. The summed E-state index contributed by atoms with van der Waals surface area (Å²) in [5, 5.41) is 9.87. The molecule has 1 rings (SSSR count). The van der Waals surface area contributed by atoms with E-state index in [1.165, 1.54) is 6.92 Å². The molecule has 0 saturated heterocycles. The second-order valence-corrected chi connectivity index (χ2v) is 6.15. The zero-order valence-corrected chi connectivity index (χ0v) is 16.1. The van der Waals surface area contributed by atoms with E-state index in [1.807, 2.05) is 19.9 Å². The van der Waals surface area contributed by atoms with Crippen molar-refractivity contribution in [3.05, 3.63) is 34.9 Å². The Morgan fingerprint density at radius 3 is 1.85 bits per heavy atom. The first-order chi connectivity index (χ1) is 12.3. The summed E-state index contributed by atoms with van der Waals surface area (Å²) < 4.78 is 10.1. The predicted octanol–water partition coefficient (Wildman–Crippen LogP) is 3.11. The van der Waals surface area contributed by atoms with Crippen LogP contribution in [0.5, 0.6) is 0 Å². The van der Waals surface area contributed by atoms with Gasteiger partial charge in [-0.2, -0.15) is 0 Å². The van der Waals surface area contributed by atoms with Crippen molar-refractivity contribution in [3.8, 4) is 0 Å². The second-order valence-electron chi connectivity index (χ2n) is 6.15. The van der Waals surface area contributed by atoms with Crippen LogP contribution in [0.1, 0.15) is 57.2 Å². The molecule has 144 valence electrons. The van der Waals surface area contributed by atoms with E-state index in [9.17, 15) is 19.5 Å². The van der Waals surface area contributed by atoms with Gasteiger partial charge in [0, 0.05) is 0 Å². The monoisotopic (exact) mass is 364 g/mol. The van der Waals surface area contributed by atoms with E-state index in [-0.39, 0.29) is 13.2 Å². The Hall–Kier alpha value is -2.37. The van der Waals surface area contributed by atoms with E-state index in [4.69, 9.17) is 9.47 Å². The van der Waals surface area contributed by atoms with Crippen LogP contribution in [-0.4, -0.2) is 36.2 Å². The summed E-state index contributed by atoms with van der Waals surface area (Å²) in [6.07, 6.45) is 1.53. The molecule has 0 fully saturated rings. The zero-order valence-electron chi connectivity index (χ0n) is 16.1. The minimum Gasteiger partial charge on any atom is -0.481 e. The zero-order chi connectivity index (χ0) is 19.9. The quantitative estimate of drug-likeness (QED) is 0.535. The van der Waals surface area contributed by atoms with Crippen molar-refractivity contribution in [1.29, 1.82) is 0 Å². The van der Waals surface area contributed by atoms with Crippen LogP contribution in [0.3, 0.4) is 0 Å². The van der Waals surface area contributed by atoms with Gasteiger partial charge in [0.25, 0.3) is 0 Å². The van der Waals surface area contributed by atoms with Crippen molar-refractivity contribution in [2.75, 3.05) is 13.2 Å². The van der Waals surface area contributed by atoms with Gasteiger partial charge in [-0.15, -0.1) is 0 Å². The number of rotatable bonds is 9. The number of benzene rings is 1. The van der Waals surface area contributed by atoms with Crippen molar-refractivity contribution in [1.82, 2.24) is 0 Å². The van der Waals surface area contributed by atoms with Crippen LogP contribution in [0.15, 0.2) is 18.2 Å². The number of carboxylic acids is 1. The van der Waals surface area contributed by atoms with Gasteiger partial charge in [-0.05, 0) is 50.3 Å². The highest BCUT2D eigenvalue weighted by molar-refractivity contribution is 6.05. The Morgan fingerprint density at radius 1 is 0.962 bits per heavy atom. The third kappa shape index (κ3) is 4.23. The molecule has 1 unspecified atom stereocenters. The first-order valence-electron chi connectivity index (χ1n) is 8.96. The number of carboxylic acid groups (broad SMARTS) is 1. The van der Waals surface area contributed by atoms with Crippen LogP contribution < -0.4 is 0 Å². The third-order valence-corrected chi connectivity index (χ3v) is 4.55. The van der Waals surface area contributed by atoms with Crippen LogP contribution in [-0.2, 0) is 36.7 Å². The maximum absolute atomic E-state index is 12.6. The Morgan fingerprint density at radius 2 is 1.46 bits per heavy atom. The van der Waals surface area contributed by atoms with Gasteiger partial charge in [0.2, 0.25) is 0 Å². The Labute approximate surface area is 154 Å². The van der Waals surface area contributed by atoms with E-state index in [0.29, 0.717) is 5.56 Å². The molecule has 0 saturated carbocycles. The van der Waals surface area contributed by atoms with Crippen molar-refractivity contribution in [3.63, 3.8) is 0 Å². The van der Waals surface area contributed by atoms with Crippen LogP contribution in [0.2, 0.25) is 0 Å². The van der Waals surface area contributed by atoms with Gasteiger partial charge in [-0.1, -0.05) is 32.0 Å². The molecule has 0 bridgehead atoms. The smallest absolute Gasteiger partial charge is 0.324 e. The number of hydrogen-bond donors (Lipinski definition) is 1. The third-order valence-electron chi connectivity index (χ3n) is 4.55. The highest BCUT2D eigenvalue weighted by Crippen LogP contribution is 2.39. The summed E-state index contributed by atoms with van der Waals surface area (Å²) in [5.41, 5.74) is 0.507. The molecule has 1 aromatic carbocycles. The highest BCUT2D eigenvalue weighted by atomic mass is 16.6. The average molecular weight is 364 g/mol. The molecule has 6 nitrogen and oxygen atoms in total. The molecular formula is C20H28O6. The standard InChI is InChI=1S/C20H28O6/c1-6-13-10-11-15(12-14(13)7-2)16(17(21)22)20(5,18(23)25-8-3)19(24)26-9-4/h10-12,16H,6-9H2,1-5H3,(H,21,22). The number of carbonyl (C=O) groups excluding carboxylic acids is 2. The fourth-order valence-corrected chi connectivity index (χ4v) is 3.10. The van der Waals surface area contributed by atoms with Crippen LogP contribution >= 0.6 is 0 Å². The number of aryl methyl sites for hydroxylation is 2. The molecule has 0 radical (unpaired) electrons. The van der Waals surface area contributed by atoms with Gasteiger partial charge >= 0.3 is 17.9 Å². The molecule has 26 heavy (non-hydrogen) atoms. The molecule has 0 aliphatic heterocycles. The lowest BCUT2D eigenvalue weighted by atomic mass is 9.72. The fourth-order valence-electron chi connectivity index (χ4n) is 3.10. The molecule has 1 atom stereocenters. The van der Waals surface area contributed by atoms with Crippen molar-refractivity contribution < 1.29 is 29.0 Å². The van der Waals surface area contributed by atoms with E-state index < -0.39 is 29.2 Å². The molecule has 0 aliphatic carbocycles. The second kappa shape index (κ2) is 9.36. The molecule has 0 amide bonds. The first-order valence-corrected chi connectivity index (χ1v) is 8.96. The van der Waals surface area contributed by atoms with E-state index in [2.05, 4.69) is 0 Å². The molecule has 0 aromatic heterocycles. The lowest BCUT2D eigenvalue weighted by molar-refractivity contribution is -0.176. The molecule has 1 aromatic rings. The van der Waals surface area contributed by atoms with Crippen molar-refractivity contribution in [2.24, 2.45) is 5.41 Å². The highest BCUT2D eigenvalue weighted by Gasteiger charge is 2.55. The lowest BCUT2D eigenvalue weighted by Gasteiger charge is -2.31. The summed E-state index contributed by atoms with van der Waals surface area (Å²) in [4.78, 5) is 37.3. The van der Waals surface area contributed by atoms with Gasteiger partial charge in [-0.25, -0.2) is 0 Å². The molecule has 0 aliphatic rings. The summed E-state index contributed by atoms with van der Waals surface area (Å²) in [6, 6.07) is 5.27. The van der Waals surface area contributed by atoms with E-state index >= 15 is 0 Å². The van der Waals surface area contributed by atoms with Crippen LogP contribution in [0, 0.1) is 5.41 Å². The van der Waals surface area contributed by atoms with Gasteiger partial charge in [-0.3, -0.25) is 14.4 Å². The Balaban J connectivity index is 3.57. The number of aliphatic carboxylic acids is 1. The Bertz CT molecular complexity index is 646. The first kappa shape index (κ1) is 21.7. The summed E-state index contributed by atoms with van der Waals surface area (Å²) in [6.45, 7) is 8.55. The number of carbonyl (C=O) groups is 3. The maximum atomic E-state index is 12.6. The SMILES string of the molecule is CCOC(=O)C(C)(C(=O)OCC)C(C(=O)O)c1ccc(CC)c(CC)c1. The molecule has 0 heterocycles. The largest absolute Gasteiger partial charge is 0.481 e. The minimum atomic E-state index is -1.98. The van der Waals surface area contributed by atoms with E-state index in [0.717, 1.165) is 24.0 Å². The number of ether oxygens (including phenoxy) is 2. The van der Waals surface area contributed by atoms with E-state index in [1.54, 1.807) is 26.0 Å². The molecule has 6 heteroatoms. The topological polar surface area (TPSA) is 89.9 Å². The number of esters is 2. The molecule has 1 N–H and O–H groups in total. The van der Waals surface area contributed by atoms with Crippen molar-refractivity contribution >= 4 is 17.9 Å². The lowest BCUT2D eigenvalue weighted by Crippen LogP contribution is -2.47. The average Bonchev–Trinajstić information content (AvgIpc) is 2.61. The maximum Gasteiger partial charge on any atom is 0.324 e. The Kier molecular flexibility index (Phi) is 7.80.